The van der Waals surface area contributed by atoms with Crippen molar-refractivity contribution in [3.05, 3.63) is 58.4 Å². The molecule has 0 aliphatic heterocycles. The summed E-state index contributed by atoms with van der Waals surface area (Å²) < 4.78 is 10.7. The van der Waals surface area contributed by atoms with Gasteiger partial charge < -0.3 is 4.74 Å². The maximum atomic E-state index is 6.19. The molecule has 0 bridgehead atoms. The van der Waals surface area contributed by atoms with Crippen molar-refractivity contribution < 1.29 is 4.74 Å². The van der Waals surface area contributed by atoms with E-state index in [1.54, 1.807) is 0 Å². The highest BCUT2D eigenvalue weighted by atomic mass is 32.1. The normalized spacial score (nSPS) is 14.7. The second-order valence-corrected chi connectivity index (χ2v) is 9.10. The molecule has 6 heteroatoms. The van der Waals surface area contributed by atoms with Gasteiger partial charge in [0.15, 0.2) is 0 Å². The summed E-state index contributed by atoms with van der Waals surface area (Å²) in [5, 5.41) is 8.97. The van der Waals surface area contributed by atoms with Crippen molar-refractivity contribution in [2.45, 2.75) is 71.3 Å². The second kappa shape index (κ2) is 8.72. The van der Waals surface area contributed by atoms with Gasteiger partial charge in [0.1, 0.15) is 11.5 Å². The number of para-hydroxylation sites is 1. The fraction of sp³-hybridized carbons (Fsp3) is 0.458. The molecule has 1 fully saturated rings. The molecule has 2 aromatic carbocycles. The molecule has 0 N–H and O–H groups in total. The van der Waals surface area contributed by atoms with Crippen LogP contribution in [-0.2, 0) is 0 Å². The zero-order valence-electron chi connectivity index (χ0n) is 18.2. The van der Waals surface area contributed by atoms with Crippen LogP contribution in [0.4, 0.5) is 0 Å². The van der Waals surface area contributed by atoms with Crippen molar-refractivity contribution >= 4 is 12.2 Å². The number of aromatic nitrogens is 4. The van der Waals surface area contributed by atoms with Crippen LogP contribution in [0.15, 0.2) is 42.5 Å². The van der Waals surface area contributed by atoms with E-state index in [2.05, 4.69) is 50.3 Å². The van der Waals surface area contributed by atoms with Crippen molar-refractivity contribution in [2.24, 2.45) is 0 Å². The smallest absolute Gasteiger partial charge is 0.220 e. The molecular formula is C24H30N4OS. The molecule has 4 rings (SSSR count). The lowest BCUT2D eigenvalue weighted by atomic mass is 9.92. The number of rotatable bonds is 6. The van der Waals surface area contributed by atoms with E-state index < -0.39 is 0 Å². The van der Waals surface area contributed by atoms with Crippen molar-refractivity contribution in [1.29, 1.82) is 0 Å². The molecule has 0 spiro atoms. The zero-order chi connectivity index (χ0) is 21.3. The Morgan fingerprint density at radius 3 is 2.07 bits per heavy atom. The van der Waals surface area contributed by atoms with E-state index in [1.165, 1.54) is 24.0 Å². The third kappa shape index (κ3) is 4.06. The van der Waals surface area contributed by atoms with E-state index in [-0.39, 0.29) is 11.8 Å². The summed E-state index contributed by atoms with van der Waals surface area (Å²) in [4.78, 5) is 0. The average molecular weight is 423 g/mol. The quantitative estimate of drug-likeness (QED) is 0.403. The molecule has 0 saturated heterocycles. The summed E-state index contributed by atoms with van der Waals surface area (Å²) in [5.41, 5.74) is 3.39. The summed E-state index contributed by atoms with van der Waals surface area (Å²) in [5.74, 6) is 2.25. The van der Waals surface area contributed by atoms with Crippen molar-refractivity contribution in [3.63, 3.8) is 0 Å². The molecular weight excluding hydrogens is 392 g/mol. The maximum Gasteiger partial charge on any atom is 0.220 e. The highest BCUT2D eigenvalue weighted by Crippen LogP contribution is 2.37. The van der Waals surface area contributed by atoms with E-state index in [0.717, 1.165) is 30.0 Å². The fourth-order valence-electron chi connectivity index (χ4n) is 4.23. The third-order valence-electron chi connectivity index (χ3n) is 5.85. The molecule has 0 radical (unpaired) electrons. The van der Waals surface area contributed by atoms with Gasteiger partial charge in [-0.05, 0) is 82.7 Å². The van der Waals surface area contributed by atoms with Gasteiger partial charge in [-0.3, -0.25) is 0 Å². The molecule has 5 nitrogen and oxygen atoms in total. The summed E-state index contributed by atoms with van der Waals surface area (Å²) in [7, 11) is 0. The lowest BCUT2D eigenvalue weighted by Crippen LogP contribution is -2.11. The van der Waals surface area contributed by atoms with Gasteiger partial charge in [-0.2, -0.15) is 4.68 Å². The van der Waals surface area contributed by atoms with E-state index in [9.17, 15) is 0 Å². The van der Waals surface area contributed by atoms with Gasteiger partial charge in [-0.1, -0.05) is 58.7 Å². The first-order chi connectivity index (χ1) is 14.5. The number of tetrazole rings is 1. The van der Waals surface area contributed by atoms with E-state index in [0.29, 0.717) is 10.8 Å². The topological polar surface area (TPSA) is 44.9 Å². The van der Waals surface area contributed by atoms with E-state index >= 15 is 0 Å². The third-order valence-corrected chi connectivity index (χ3v) is 6.21. The standard InChI is InChI=1S/C24H30N4OS/c1-16(2)21-14-20(29-19-12-6-5-7-13-19)15-22(17(3)4)23(21)28-24(30)27(25-26-28)18-10-8-9-11-18/h5-7,12-18H,8-11H2,1-4H3. The van der Waals surface area contributed by atoms with Crippen LogP contribution in [0.1, 0.15) is 82.4 Å². The Labute approximate surface area is 183 Å². The Bertz CT molecular complexity index is 1030. The van der Waals surface area contributed by atoms with Crippen LogP contribution in [-0.4, -0.2) is 19.8 Å². The molecule has 3 aromatic rings. The van der Waals surface area contributed by atoms with Gasteiger partial charge in [0.25, 0.3) is 0 Å². The highest BCUT2D eigenvalue weighted by Gasteiger charge is 2.24. The fourth-order valence-corrected chi connectivity index (χ4v) is 4.55. The van der Waals surface area contributed by atoms with Gasteiger partial charge in [-0.25, -0.2) is 4.68 Å². The van der Waals surface area contributed by atoms with Gasteiger partial charge in [-0.15, -0.1) is 0 Å². The largest absolute Gasteiger partial charge is 0.457 e. The van der Waals surface area contributed by atoms with Crippen LogP contribution >= 0.6 is 12.2 Å². The lowest BCUT2D eigenvalue weighted by Gasteiger charge is -2.21. The maximum absolute atomic E-state index is 6.19. The van der Waals surface area contributed by atoms with E-state index in [1.807, 2.05) is 39.7 Å². The SMILES string of the molecule is CC(C)c1cc(Oc2ccccc2)cc(C(C)C)c1-n1nnn(C2CCCC2)c1=S. The van der Waals surface area contributed by atoms with Crippen LogP contribution in [0.2, 0.25) is 0 Å². The molecule has 0 unspecified atom stereocenters. The summed E-state index contributed by atoms with van der Waals surface area (Å²) in [6, 6.07) is 14.5. The van der Waals surface area contributed by atoms with Crippen molar-refractivity contribution in [2.75, 3.05) is 0 Å². The molecule has 1 aromatic heterocycles. The van der Waals surface area contributed by atoms with Crippen LogP contribution < -0.4 is 4.74 Å². The minimum Gasteiger partial charge on any atom is -0.457 e. The average Bonchev–Trinajstić information content (AvgIpc) is 3.37. The predicted octanol–water partition coefficient (Wildman–Crippen LogP) is 6.95. The number of hydrogen-bond acceptors (Lipinski definition) is 4. The minimum atomic E-state index is 0.287. The minimum absolute atomic E-state index is 0.287. The number of nitrogens with zero attached hydrogens (tertiary/aromatic N) is 4. The predicted molar refractivity (Wildman–Crippen MR) is 122 cm³/mol. The monoisotopic (exact) mass is 422 g/mol. The Morgan fingerprint density at radius 2 is 1.50 bits per heavy atom. The second-order valence-electron chi connectivity index (χ2n) is 8.73. The van der Waals surface area contributed by atoms with Gasteiger partial charge in [0, 0.05) is 0 Å². The van der Waals surface area contributed by atoms with Crippen molar-refractivity contribution in [1.82, 2.24) is 19.8 Å². The molecule has 1 aliphatic rings. The Balaban J connectivity index is 1.84. The Kier molecular flexibility index (Phi) is 6.04. The van der Waals surface area contributed by atoms with Crippen LogP contribution in [0.5, 0.6) is 11.5 Å². The molecule has 30 heavy (non-hydrogen) atoms. The summed E-state index contributed by atoms with van der Waals surface area (Å²) in [6.07, 6.45) is 4.73. The van der Waals surface area contributed by atoms with Crippen LogP contribution in [0, 0.1) is 4.77 Å². The highest BCUT2D eigenvalue weighted by molar-refractivity contribution is 7.71. The van der Waals surface area contributed by atoms with Crippen molar-refractivity contribution in [3.8, 4) is 17.2 Å². The van der Waals surface area contributed by atoms with Crippen LogP contribution in [0.3, 0.4) is 0 Å². The Morgan fingerprint density at radius 1 is 0.900 bits per heavy atom. The lowest BCUT2D eigenvalue weighted by molar-refractivity contribution is 0.449. The Hall–Kier alpha value is -2.47. The molecule has 1 saturated carbocycles. The number of hydrogen-bond donors (Lipinski definition) is 0. The molecule has 1 heterocycles. The van der Waals surface area contributed by atoms with E-state index in [4.69, 9.17) is 17.0 Å². The first-order valence-corrected chi connectivity index (χ1v) is 11.3. The molecule has 158 valence electrons. The summed E-state index contributed by atoms with van der Waals surface area (Å²) >= 11 is 5.84. The number of ether oxygens (including phenoxy) is 1. The molecule has 0 atom stereocenters. The first kappa shape index (κ1) is 20.8. The van der Waals surface area contributed by atoms with Gasteiger partial charge in [0.2, 0.25) is 4.77 Å². The van der Waals surface area contributed by atoms with Gasteiger partial charge in [0.05, 0.1) is 11.7 Å². The first-order valence-electron chi connectivity index (χ1n) is 10.9. The molecule has 0 amide bonds. The number of benzene rings is 2. The summed E-state index contributed by atoms with van der Waals surface area (Å²) in [6.45, 7) is 8.78. The van der Waals surface area contributed by atoms with Gasteiger partial charge >= 0.3 is 0 Å². The zero-order valence-corrected chi connectivity index (χ0v) is 19.0. The molecule has 1 aliphatic carbocycles. The van der Waals surface area contributed by atoms with Crippen LogP contribution in [0.25, 0.3) is 5.69 Å².